The van der Waals surface area contributed by atoms with Gasteiger partial charge in [-0.05, 0) is 19.8 Å². The van der Waals surface area contributed by atoms with Gasteiger partial charge in [0.1, 0.15) is 0 Å². The largest absolute Gasteiger partial charge is 0.481 e. The number of sulfone groups is 1. The molecule has 1 N–H and O–H groups in total. The maximum absolute atomic E-state index is 11.4. The number of carboxylic acid groups (broad SMARTS) is 1. The van der Waals surface area contributed by atoms with Crippen LogP contribution in [-0.2, 0) is 14.6 Å². The first-order valence-corrected chi connectivity index (χ1v) is 7.83. The Balaban J connectivity index is 3.48. The Labute approximate surface area is 104 Å². The minimum Gasteiger partial charge on any atom is -0.481 e. The van der Waals surface area contributed by atoms with Crippen molar-refractivity contribution in [1.29, 1.82) is 0 Å². The highest BCUT2D eigenvalue weighted by Gasteiger charge is 2.07. The van der Waals surface area contributed by atoms with Gasteiger partial charge in [0, 0.05) is 6.42 Å². The third-order valence-electron chi connectivity index (χ3n) is 2.43. The van der Waals surface area contributed by atoms with E-state index in [1.807, 2.05) is 0 Å². The summed E-state index contributed by atoms with van der Waals surface area (Å²) < 4.78 is 22.9. The van der Waals surface area contributed by atoms with Crippen LogP contribution >= 0.6 is 0 Å². The molecule has 0 saturated heterocycles. The van der Waals surface area contributed by atoms with Crippen LogP contribution in [0.2, 0.25) is 0 Å². The lowest BCUT2D eigenvalue weighted by molar-refractivity contribution is -0.137. The van der Waals surface area contributed by atoms with Crippen LogP contribution in [0.1, 0.15) is 45.4 Å². The summed E-state index contributed by atoms with van der Waals surface area (Å²) in [5, 5.41) is 8.42. The number of carbonyl (C=O) groups is 1. The second kappa shape index (κ2) is 9.22. The summed E-state index contributed by atoms with van der Waals surface area (Å²) >= 11 is 0. The topological polar surface area (TPSA) is 71.4 Å². The number of aliphatic carboxylic acids is 1. The van der Waals surface area contributed by atoms with Gasteiger partial charge in [0.25, 0.3) is 0 Å². The smallest absolute Gasteiger partial charge is 0.303 e. The van der Waals surface area contributed by atoms with Crippen molar-refractivity contribution < 1.29 is 18.3 Å². The normalized spacial score (nSPS) is 12.1. The standard InChI is InChI=1S/C12H22O4S/c1-2-3-10-17(15,16)11-8-6-4-5-7-9-12(13)14/h2-3H,4-11H2,1H3,(H,13,14)/b3-2+. The summed E-state index contributed by atoms with van der Waals surface area (Å²) in [6, 6.07) is 0. The molecule has 17 heavy (non-hydrogen) atoms. The van der Waals surface area contributed by atoms with Crippen molar-refractivity contribution in [3.8, 4) is 0 Å². The Kier molecular flexibility index (Phi) is 8.76. The second-order valence-electron chi connectivity index (χ2n) is 4.09. The highest BCUT2D eigenvalue weighted by atomic mass is 32.2. The van der Waals surface area contributed by atoms with Crippen molar-refractivity contribution >= 4 is 15.8 Å². The molecule has 0 fully saturated rings. The van der Waals surface area contributed by atoms with Crippen molar-refractivity contribution in [1.82, 2.24) is 0 Å². The number of hydrogen-bond donors (Lipinski definition) is 1. The third-order valence-corrected chi connectivity index (χ3v) is 4.04. The summed E-state index contributed by atoms with van der Waals surface area (Å²) in [4.78, 5) is 10.2. The number of rotatable bonds is 10. The lowest BCUT2D eigenvalue weighted by Gasteiger charge is -2.01. The molecule has 4 nitrogen and oxygen atoms in total. The highest BCUT2D eigenvalue weighted by molar-refractivity contribution is 7.91. The van der Waals surface area contributed by atoms with Gasteiger partial charge in [0.2, 0.25) is 0 Å². The Morgan fingerprint density at radius 1 is 1.12 bits per heavy atom. The van der Waals surface area contributed by atoms with E-state index in [1.54, 1.807) is 19.1 Å². The fourth-order valence-corrected chi connectivity index (χ4v) is 2.75. The van der Waals surface area contributed by atoms with E-state index in [1.165, 1.54) is 0 Å². The van der Waals surface area contributed by atoms with E-state index in [9.17, 15) is 13.2 Å². The van der Waals surface area contributed by atoms with Gasteiger partial charge in [-0.15, -0.1) is 0 Å². The Bertz CT molecular complexity index is 330. The van der Waals surface area contributed by atoms with Crippen LogP contribution in [-0.4, -0.2) is 31.0 Å². The zero-order chi connectivity index (χ0) is 13.1. The fourth-order valence-electron chi connectivity index (χ4n) is 1.45. The quantitative estimate of drug-likeness (QED) is 0.485. The van der Waals surface area contributed by atoms with Crippen LogP contribution in [0.3, 0.4) is 0 Å². The number of hydrogen-bond acceptors (Lipinski definition) is 3. The van der Waals surface area contributed by atoms with Crippen LogP contribution < -0.4 is 0 Å². The van der Waals surface area contributed by atoms with Crippen molar-refractivity contribution in [2.75, 3.05) is 11.5 Å². The molecule has 0 atom stereocenters. The molecular weight excluding hydrogens is 240 g/mol. The zero-order valence-electron chi connectivity index (χ0n) is 10.4. The maximum atomic E-state index is 11.4. The van der Waals surface area contributed by atoms with Gasteiger partial charge >= 0.3 is 5.97 Å². The summed E-state index contributed by atoms with van der Waals surface area (Å²) in [6.07, 6.45) is 7.58. The van der Waals surface area contributed by atoms with Gasteiger partial charge in [0.15, 0.2) is 9.84 Å². The lowest BCUT2D eigenvalue weighted by Crippen LogP contribution is -2.09. The molecular formula is C12H22O4S. The van der Waals surface area contributed by atoms with Crippen LogP contribution in [0.15, 0.2) is 12.2 Å². The Hall–Kier alpha value is -0.840. The Morgan fingerprint density at radius 2 is 1.71 bits per heavy atom. The summed E-state index contributed by atoms with van der Waals surface area (Å²) in [5.41, 5.74) is 0. The Morgan fingerprint density at radius 3 is 2.29 bits per heavy atom. The van der Waals surface area contributed by atoms with Gasteiger partial charge < -0.3 is 5.11 Å². The number of allylic oxidation sites excluding steroid dienone is 1. The fraction of sp³-hybridized carbons (Fsp3) is 0.750. The zero-order valence-corrected chi connectivity index (χ0v) is 11.2. The van der Waals surface area contributed by atoms with Crippen molar-refractivity contribution in [2.45, 2.75) is 45.4 Å². The predicted molar refractivity (Wildman–Crippen MR) is 68.8 cm³/mol. The summed E-state index contributed by atoms with van der Waals surface area (Å²) in [5.74, 6) is -0.405. The van der Waals surface area contributed by atoms with E-state index < -0.39 is 15.8 Å². The SMILES string of the molecule is C/C=C/CS(=O)(=O)CCCCCCCC(=O)O. The second-order valence-corrected chi connectivity index (χ2v) is 6.32. The first-order chi connectivity index (χ1) is 7.98. The summed E-state index contributed by atoms with van der Waals surface area (Å²) in [6.45, 7) is 1.80. The minimum absolute atomic E-state index is 0.127. The van der Waals surface area contributed by atoms with Crippen LogP contribution in [0, 0.1) is 0 Å². The molecule has 0 aromatic rings. The first kappa shape index (κ1) is 16.2. The highest BCUT2D eigenvalue weighted by Crippen LogP contribution is 2.07. The van der Waals surface area contributed by atoms with E-state index in [-0.39, 0.29) is 17.9 Å². The molecule has 100 valence electrons. The third kappa shape index (κ3) is 11.4. The molecule has 0 heterocycles. The van der Waals surface area contributed by atoms with Gasteiger partial charge in [-0.3, -0.25) is 4.79 Å². The number of carboxylic acids is 1. The molecule has 0 aliphatic carbocycles. The molecule has 0 radical (unpaired) electrons. The van der Waals surface area contributed by atoms with Crippen molar-refractivity contribution in [3.05, 3.63) is 12.2 Å². The molecule has 0 spiro atoms. The van der Waals surface area contributed by atoms with E-state index >= 15 is 0 Å². The molecule has 0 amide bonds. The van der Waals surface area contributed by atoms with E-state index in [0.29, 0.717) is 12.8 Å². The van der Waals surface area contributed by atoms with Gasteiger partial charge in [-0.1, -0.05) is 31.4 Å². The monoisotopic (exact) mass is 262 g/mol. The van der Waals surface area contributed by atoms with Crippen molar-refractivity contribution in [3.63, 3.8) is 0 Å². The predicted octanol–water partition coefficient (Wildman–Crippen LogP) is 2.40. The number of unbranched alkanes of at least 4 members (excludes halogenated alkanes) is 4. The van der Waals surface area contributed by atoms with Gasteiger partial charge in [-0.2, -0.15) is 0 Å². The molecule has 0 aliphatic heterocycles. The maximum Gasteiger partial charge on any atom is 0.303 e. The van der Waals surface area contributed by atoms with Crippen LogP contribution in [0.5, 0.6) is 0 Å². The molecule has 5 heteroatoms. The van der Waals surface area contributed by atoms with Crippen LogP contribution in [0.25, 0.3) is 0 Å². The van der Waals surface area contributed by atoms with Gasteiger partial charge in [0.05, 0.1) is 11.5 Å². The molecule has 0 aromatic heterocycles. The average molecular weight is 262 g/mol. The lowest BCUT2D eigenvalue weighted by atomic mass is 10.1. The molecule has 0 rings (SSSR count). The minimum atomic E-state index is -2.93. The van der Waals surface area contributed by atoms with E-state index in [2.05, 4.69) is 0 Å². The summed E-state index contributed by atoms with van der Waals surface area (Å²) in [7, 11) is -2.93. The van der Waals surface area contributed by atoms with Gasteiger partial charge in [-0.25, -0.2) is 8.42 Å². The molecule has 0 saturated carbocycles. The molecule has 0 bridgehead atoms. The molecule has 0 aliphatic rings. The van der Waals surface area contributed by atoms with Crippen molar-refractivity contribution in [2.24, 2.45) is 0 Å². The first-order valence-electron chi connectivity index (χ1n) is 6.01. The van der Waals surface area contributed by atoms with E-state index in [4.69, 9.17) is 5.11 Å². The molecule has 0 unspecified atom stereocenters. The molecule has 0 aromatic carbocycles. The average Bonchev–Trinajstić information content (AvgIpc) is 2.24. The van der Waals surface area contributed by atoms with E-state index in [0.717, 1.165) is 19.3 Å². The van der Waals surface area contributed by atoms with Crippen LogP contribution in [0.4, 0.5) is 0 Å².